The molecule has 8 heterocycles. The molecule has 3 N–H and O–H groups in total. The number of aryl methyl sites for hydroxylation is 1. The summed E-state index contributed by atoms with van der Waals surface area (Å²) >= 11 is 1.41. The van der Waals surface area contributed by atoms with E-state index in [0.29, 0.717) is 81.0 Å². The number of para-hydroxylation sites is 1. The van der Waals surface area contributed by atoms with Gasteiger partial charge in [0.05, 0.1) is 37.6 Å². The van der Waals surface area contributed by atoms with Crippen LogP contribution in [0.15, 0.2) is 57.7 Å². The molecule has 2 saturated heterocycles. The van der Waals surface area contributed by atoms with Crippen molar-refractivity contribution in [1.29, 1.82) is 0 Å². The molecule has 0 aliphatic carbocycles. The van der Waals surface area contributed by atoms with Crippen LogP contribution in [0.3, 0.4) is 0 Å². The van der Waals surface area contributed by atoms with Crippen molar-refractivity contribution in [2.75, 3.05) is 47.0 Å². The van der Waals surface area contributed by atoms with Crippen LogP contribution in [0.4, 0.5) is 0 Å². The standard InChI is InChI=1S/C49H47N3O14S/c1-21-13-26-15-29-45(55)52-30-18-61-48(58)49(28-17-32(59-5)33(16-24(28)11-12-50-49)66-47(57)27-14-25-9-7-8-10-31(25)65-46(27)56)19-67-44(38(52)37(51(29)4)34(26)39(54)40(21)60-6)36-35(30)43-42(62-20-63-43)22(2)41(36)64-23(3)53/h7-10,13-14,16-17,29-30,37-38,44-45,50,54-55H,11-12,15,18-20H2,1-6H3/t29-,30-,37-,38?,44-,45+,49-/m1/s1. The highest BCUT2D eigenvalue weighted by molar-refractivity contribution is 7.99. The first-order valence-electron chi connectivity index (χ1n) is 22.0. The summed E-state index contributed by atoms with van der Waals surface area (Å²) < 4.78 is 47.8. The molecule has 5 aromatic rings. The van der Waals surface area contributed by atoms with Gasteiger partial charge in [0.1, 0.15) is 29.7 Å². The number of carbonyl (C=O) groups excluding carboxylic acids is 3. The molecule has 67 heavy (non-hydrogen) atoms. The lowest BCUT2D eigenvalue weighted by Gasteiger charge is -2.62. The molecule has 0 saturated carbocycles. The first kappa shape index (κ1) is 43.3. The molecule has 18 heteroatoms. The number of likely N-dealkylation sites (N-methyl/N-ethyl adjacent to an activating group) is 1. The number of ether oxygens (including phenoxy) is 7. The number of hydrogen-bond donors (Lipinski definition) is 3. The minimum absolute atomic E-state index is 0.000246. The number of phenolic OH excluding ortho intramolecular Hbond substituents is 1. The Kier molecular flexibility index (Phi) is 10.3. The number of aliphatic hydroxyl groups is 1. The SMILES string of the molecule is COc1cc2c(cc1OC(=O)c1cc3ccccc3oc1=O)CCN[C@]21CS[C@@H]2c3c(OC(C)=O)c(C)c4c(c3[C@@H](COC1=O)N1C2[C@H]2c3c(cc(C)c(OC)c3O)C[C@H]([C@@H]1O)N2C)OCO4. The second kappa shape index (κ2) is 15.9. The van der Waals surface area contributed by atoms with Crippen LogP contribution in [0, 0.1) is 13.8 Å². The smallest absolute Gasteiger partial charge is 0.351 e. The van der Waals surface area contributed by atoms with E-state index in [1.54, 1.807) is 43.3 Å². The number of fused-ring (bicyclic) bond motifs is 10. The van der Waals surface area contributed by atoms with Crippen LogP contribution >= 0.6 is 11.8 Å². The summed E-state index contributed by atoms with van der Waals surface area (Å²) in [5.74, 6) is -0.479. The topological polar surface area (TPSA) is 205 Å². The summed E-state index contributed by atoms with van der Waals surface area (Å²) in [5, 5.41) is 28.2. The molecular formula is C49H47N3O14S. The molecule has 4 bridgehead atoms. The van der Waals surface area contributed by atoms with Crippen molar-refractivity contribution >= 4 is 40.6 Å². The van der Waals surface area contributed by atoms with E-state index in [-0.39, 0.29) is 47.7 Å². The molecule has 0 amide bonds. The Morgan fingerprint density at radius 2 is 1.72 bits per heavy atom. The predicted octanol–water partition coefficient (Wildman–Crippen LogP) is 5.03. The fourth-order valence-corrected chi connectivity index (χ4v) is 13.1. The number of thioether (sulfide) groups is 1. The van der Waals surface area contributed by atoms with E-state index in [4.69, 9.17) is 37.6 Å². The Bertz CT molecular complexity index is 3030. The van der Waals surface area contributed by atoms with Gasteiger partial charge < -0.3 is 47.8 Å². The number of methoxy groups -OCH3 is 2. The molecule has 7 atom stereocenters. The average molecular weight is 934 g/mol. The molecule has 348 valence electrons. The molecule has 7 aliphatic heterocycles. The molecule has 17 nitrogen and oxygen atoms in total. The van der Waals surface area contributed by atoms with Crippen LogP contribution in [0.2, 0.25) is 0 Å². The Balaban J connectivity index is 1.07. The van der Waals surface area contributed by atoms with Crippen LogP contribution < -0.4 is 39.4 Å². The van der Waals surface area contributed by atoms with Crippen molar-refractivity contribution in [3.8, 4) is 40.2 Å². The number of aliphatic hydroxyl groups excluding tert-OH is 1. The van der Waals surface area contributed by atoms with Crippen molar-refractivity contribution in [3.63, 3.8) is 0 Å². The fourth-order valence-electron chi connectivity index (χ4n) is 11.4. The first-order valence-corrected chi connectivity index (χ1v) is 23.0. The quantitative estimate of drug-likeness (QED) is 0.120. The van der Waals surface area contributed by atoms with Gasteiger partial charge in [-0.3, -0.25) is 19.9 Å². The molecule has 2 fully saturated rings. The third-order valence-corrected chi connectivity index (χ3v) is 15.8. The number of nitrogens with one attached hydrogen (secondary N) is 1. The number of esters is 3. The Hall–Kier alpha value is -6.31. The van der Waals surface area contributed by atoms with Crippen LogP contribution in [-0.2, 0) is 32.7 Å². The lowest BCUT2D eigenvalue weighted by atomic mass is 9.73. The molecular weight excluding hydrogens is 887 g/mol. The van der Waals surface area contributed by atoms with Gasteiger partial charge in [-0.25, -0.2) is 14.4 Å². The third kappa shape index (κ3) is 6.36. The molecule has 12 rings (SSSR count). The number of rotatable bonds is 5. The number of nitrogens with zero attached hydrogens (tertiary/aromatic N) is 2. The third-order valence-electron chi connectivity index (χ3n) is 14.3. The van der Waals surface area contributed by atoms with Crippen LogP contribution in [0.5, 0.6) is 40.2 Å². The average Bonchev–Trinajstić information content (AvgIpc) is 3.80. The normalized spacial score (nSPS) is 25.9. The monoisotopic (exact) mass is 933 g/mol. The Labute approximate surface area is 387 Å². The van der Waals surface area contributed by atoms with Gasteiger partial charge in [-0.1, -0.05) is 24.3 Å². The van der Waals surface area contributed by atoms with Gasteiger partial charge in [-0.2, -0.15) is 0 Å². The maximum absolute atomic E-state index is 15.1. The van der Waals surface area contributed by atoms with Crippen molar-refractivity contribution in [3.05, 3.63) is 109 Å². The number of aromatic hydroxyl groups is 1. The van der Waals surface area contributed by atoms with E-state index >= 15 is 4.79 Å². The summed E-state index contributed by atoms with van der Waals surface area (Å²) in [7, 11) is 4.86. The van der Waals surface area contributed by atoms with E-state index in [2.05, 4.69) is 10.2 Å². The van der Waals surface area contributed by atoms with Crippen molar-refractivity contribution < 1.29 is 62.2 Å². The number of carbonyl (C=O) groups is 3. The molecule has 1 unspecified atom stereocenters. The maximum atomic E-state index is 15.1. The zero-order chi connectivity index (χ0) is 46.8. The summed E-state index contributed by atoms with van der Waals surface area (Å²) in [6.07, 6.45) is -0.275. The summed E-state index contributed by atoms with van der Waals surface area (Å²) in [5.41, 5.74) is 2.87. The summed E-state index contributed by atoms with van der Waals surface area (Å²) in [6, 6.07) is 11.0. The van der Waals surface area contributed by atoms with E-state index in [0.717, 1.165) is 11.1 Å². The van der Waals surface area contributed by atoms with E-state index < -0.39 is 64.7 Å². The van der Waals surface area contributed by atoms with Gasteiger partial charge in [0, 0.05) is 52.9 Å². The number of piperazine rings is 1. The van der Waals surface area contributed by atoms with E-state index in [1.165, 1.54) is 39.0 Å². The molecule has 4 aromatic carbocycles. The second-order valence-corrected chi connectivity index (χ2v) is 18.9. The molecule has 7 aliphatic rings. The minimum atomic E-state index is -1.52. The number of benzene rings is 4. The van der Waals surface area contributed by atoms with E-state index in [1.807, 2.05) is 24.9 Å². The van der Waals surface area contributed by atoms with E-state index in [9.17, 15) is 24.6 Å². The van der Waals surface area contributed by atoms with Crippen LogP contribution in [0.25, 0.3) is 11.0 Å². The summed E-state index contributed by atoms with van der Waals surface area (Å²) in [6.45, 7) is 4.95. The van der Waals surface area contributed by atoms with Crippen molar-refractivity contribution in [2.24, 2.45) is 0 Å². The van der Waals surface area contributed by atoms with Gasteiger partial charge in [0.2, 0.25) is 6.79 Å². The largest absolute Gasteiger partial charge is 0.504 e. The van der Waals surface area contributed by atoms with Crippen molar-refractivity contribution in [2.45, 2.75) is 74.8 Å². The van der Waals surface area contributed by atoms with Crippen LogP contribution in [-0.4, -0.2) is 103 Å². The first-order chi connectivity index (χ1) is 32.3. The van der Waals surface area contributed by atoms with Crippen molar-refractivity contribution in [1.82, 2.24) is 15.1 Å². The summed E-state index contributed by atoms with van der Waals surface area (Å²) in [4.78, 5) is 58.9. The van der Waals surface area contributed by atoms with Gasteiger partial charge in [0.25, 0.3) is 0 Å². The molecule has 0 radical (unpaired) electrons. The van der Waals surface area contributed by atoms with Crippen LogP contribution in [0.1, 0.15) is 79.1 Å². The molecule has 1 spiro atoms. The number of hydrogen-bond acceptors (Lipinski definition) is 18. The zero-order valence-electron chi connectivity index (χ0n) is 37.4. The van der Waals surface area contributed by atoms with Gasteiger partial charge >= 0.3 is 23.5 Å². The van der Waals surface area contributed by atoms with Gasteiger partial charge in [0.15, 0.2) is 40.0 Å². The minimum Gasteiger partial charge on any atom is -0.504 e. The highest BCUT2D eigenvalue weighted by atomic mass is 32.2. The predicted molar refractivity (Wildman–Crippen MR) is 240 cm³/mol. The highest BCUT2D eigenvalue weighted by Crippen LogP contribution is 2.64. The Morgan fingerprint density at radius 1 is 0.925 bits per heavy atom. The Morgan fingerprint density at radius 3 is 2.49 bits per heavy atom. The molecule has 1 aromatic heterocycles. The maximum Gasteiger partial charge on any atom is 0.351 e. The second-order valence-electron chi connectivity index (χ2n) is 17.8. The lowest BCUT2D eigenvalue weighted by molar-refractivity contribution is -0.186. The van der Waals surface area contributed by atoms with Gasteiger partial charge in [-0.15, -0.1) is 11.8 Å². The zero-order valence-corrected chi connectivity index (χ0v) is 38.2. The van der Waals surface area contributed by atoms with Gasteiger partial charge in [-0.05, 0) is 80.3 Å². The lowest BCUT2D eigenvalue weighted by Crippen LogP contribution is -2.70. The highest BCUT2D eigenvalue weighted by Gasteiger charge is 2.61. The fraction of sp³-hybridized carbons (Fsp3) is 0.388. The number of phenols is 1.